The highest BCUT2D eigenvalue weighted by molar-refractivity contribution is 5.95. The Morgan fingerprint density at radius 2 is 1.88 bits per heavy atom. The van der Waals surface area contributed by atoms with E-state index in [1.165, 1.54) is 19.2 Å². The van der Waals surface area contributed by atoms with Crippen LogP contribution in [-0.2, 0) is 14.3 Å². The summed E-state index contributed by atoms with van der Waals surface area (Å²) in [6, 6.07) is 4.75. The summed E-state index contributed by atoms with van der Waals surface area (Å²) in [5.41, 5.74) is 1.33. The molecule has 0 aliphatic carbocycles. The molecule has 1 aromatic rings. The molecular formula is C16H18N2O6. The van der Waals surface area contributed by atoms with Crippen molar-refractivity contribution in [3.05, 3.63) is 46.7 Å². The summed E-state index contributed by atoms with van der Waals surface area (Å²) in [5.74, 6) is -1.63. The van der Waals surface area contributed by atoms with Gasteiger partial charge in [0.1, 0.15) is 6.61 Å². The molecule has 1 aliphatic heterocycles. The smallest absolute Gasteiger partial charge is 0.338 e. The molecule has 1 heterocycles. The van der Waals surface area contributed by atoms with Crippen molar-refractivity contribution in [1.29, 1.82) is 0 Å². The van der Waals surface area contributed by atoms with Gasteiger partial charge in [-0.2, -0.15) is 0 Å². The summed E-state index contributed by atoms with van der Waals surface area (Å²) in [6.45, 7) is 1.95. The van der Waals surface area contributed by atoms with E-state index < -0.39 is 24.0 Å². The molecule has 128 valence electrons. The minimum atomic E-state index is -1.05. The Hall–Kier alpha value is -2.87. The molecule has 24 heavy (non-hydrogen) atoms. The summed E-state index contributed by atoms with van der Waals surface area (Å²) in [4.78, 5) is 35.0. The van der Waals surface area contributed by atoms with Crippen LogP contribution in [0.25, 0.3) is 0 Å². The van der Waals surface area contributed by atoms with E-state index in [-0.39, 0.29) is 24.4 Å². The molecule has 0 bridgehead atoms. The average Bonchev–Trinajstić information content (AvgIpc) is 2.54. The first-order valence-corrected chi connectivity index (χ1v) is 7.21. The van der Waals surface area contributed by atoms with Gasteiger partial charge in [0.25, 0.3) is 0 Å². The Bertz CT molecular complexity index is 680. The molecule has 0 fully saturated rings. The van der Waals surface area contributed by atoms with Crippen LogP contribution in [0.1, 0.15) is 28.9 Å². The highest BCUT2D eigenvalue weighted by Crippen LogP contribution is 2.27. The Morgan fingerprint density at radius 3 is 2.46 bits per heavy atom. The predicted octanol–water partition coefficient (Wildman–Crippen LogP) is 1.20. The fourth-order valence-corrected chi connectivity index (χ4v) is 2.33. The van der Waals surface area contributed by atoms with E-state index >= 15 is 0 Å². The first-order chi connectivity index (χ1) is 11.4. The van der Waals surface area contributed by atoms with Gasteiger partial charge in [0.2, 0.25) is 0 Å². The quantitative estimate of drug-likeness (QED) is 0.532. The van der Waals surface area contributed by atoms with Crippen molar-refractivity contribution >= 4 is 18.0 Å². The minimum absolute atomic E-state index is 0.0880. The van der Waals surface area contributed by atoms with Gasteiger partial charge < -0.3 is 25.2 Å². The molecule has 8 nitrogen and oxygen atoms in total. The number of allylic oxidation sites excluding steroid dienone is 1. The van der Waals surface area contributed by atoms with Crippen LogP contribution < -0.4 is 10.6 Å². The molecule has 0 aromatic heterocycles. The van der Waals surface area contributed by atoms with Crippen molar-refractivity contribution in [3.8, 4) is 0 Å². The second-order valence-electron chi connectivity index (χ2n) is 5.13. The number of aromatic carboxylic acids is 1. The maximum Gasteiger partial charge on any atom is 0.338 e. The largest absolute Gasteiger partial charge is 0.478 e. The van der Waals surface area contributed by atoms with Crippen LogP contribution >= 0.6 is 0 Å². The van der Waals surface area contributed by atoms with Crippen LogP contribution in [0.4, 0.5) is 4.79 Å². The maximum absolute atomic E-state index is 12.3. The number of methoxy groups -OCH3 is 1. The number of carboxylic acid groups (broad SMARTS) is 1. The number of rotatable bonds is 6. The summed E-state index contributed by atoms with van der Waals surface area (Å²) >= 11 is 0. The third-order valence-electron chi connectivity index (χ3n) is 3.50. The molecule has 1 atom stereocenters. The van der Waals surface area contributed by atoms with Crippen LogP contribution in [0.2, 0.25) is 0 Å². The lowest BCUT2D eigenvalue weighted by Gasteiger charge is -2.28. The van der Waals surface area contributed by atoms with E-state index in [2.05, 4.69) is 10.6 Å². The summed E-state index contributed by atoms with van der Waals surface area (Å²) in [5, 5.41) is 14.1. The number of esters is 1. The van der Waals surface area contributed by atoms with E-state index in [1.807, 2.05) is 0 Å². The van der Waals surface area contributed by atoms with Gasteiger partial charge in [0.15, 0.2) is 0 Å². The van der Waals surface area contributed by atoms with Crippen molar-refractivity contribution in [2.24, 2.45) is 0 Å². The van der Waals surface area contributed by atoms with Gasteiger partial charge in [-0.25, -0.2) is 14.4 Å². The molecule has 1 aliphatic rings. The lowest BCUT2D eigenvalue weighted by Crippen LogP contribution is -2.45. The van der Waals surface area contributed by atoms with Gasteiger partial charge in [-0.05, 0) is 24.6 Å². The molecule has 0 radical (unpaired) electrons. The maximum atomic E-state index is 12.3. The number of hydrogen-bond acceptors (Lipinski definition) is 5. The molecule has 0 saturated carbocycles. The Labute approximate surface area is 138 Å². The van der Waals surface area contributed by atoms with Crippen molar-refractivity contribution in [3.63, 3.8) is 0 Å². The van der Waals surface area contributed by atoms with Gasteiger partial charge in [-0.15, -0.1) is 0 Å². The number of hydrogen-bond donors (Lipinski definition) is 3. The number of ether oxygens (including phenoxy) is 2. The molecule has 1 aromatic carbocycles. The Morgan fingerprint density at radius 1 is 1.21 bits per heavy atom. The zero-order chi connectivity index (χ0) is 17.7. The minimum Gasteiger partial charge on any atom is -0.478 e. The van der Waals surface area contributed by atoms with Crippen molar-refractivity contribution < 1.29 is 29.0 Å². The number of carbonyl (C=O) groups excluding carboxylic acids is 2. The monoisotopic (exact) mass is 334 g/mol. The molecule has 0 saturated heterocycles. The van der Waals surface area contributed by atoms with Crippen molar-refractivity contribution in [2.75, 3.05) is 20.3 Å². The van der Waals surface area contributed by atoms with Crippen LogP contribution in [0.5, 0.6) is 0 Å². The first kappa shape index (κ1) is 17.5. The van der Waals surface area contributed by atoms with E-state index in [9.17, 15) is 14.4 Å². The molecule has 0 spiro atoms. The molecule has 8 heteroatoms. The van der Waals surface area contributed by atoms with Crippen molar-refractivity contribution in [1.82, 2.24) is 10.6 Å². The number of amides is 2. The number of carboxylic acids is 1. The SMILES string of the molecule is COCCOC(=O)C1=C(C)NC(=O)N[C@@H]1c1ccc(C(=O)O)cc1. The Kier molecular flexibility index (Phi) is 5.54. The van der Waals surface area contributed by atoms with Crippen LogP contribution in [0.15, 0.2) is 35.5 Å². The van der Waals surface area contributed by atoms with Crippen LogP contribution in [0.3, 0.4) is 0 Å². The summed E-state index contributed by atoms with van der Waals surface area (Å²) in [6.07, 6.45) is 0. The molecular weight excluding hydrogens is 316 g/mol. The van der Waals surface area contributed by atoms with E-state index in [0.717, 1.165) is 0 Å². The molecule has 3 N–H and O–H groups in total. The first-order valence-electron chi connectivity index (χ1n) is 7.21. The van der Waals surface area contributed by atoms with Gasteiger partial charge >= 0.3 is 18.0 Å². The van der Waals surface area contributed by atoms with Gasteiger partial charge in [0, 0.05) is 12.8 Å². The number of nitrogens with one attached hydrogen (secondary N) is 2. The fraction of sp³-hybridized carbons (Fsp3) is 0.312. The number of carbonyl (C=O) groups is 3. The van der Waals surface area contributed by atoms with Gasteiger partial charge in [0.05, 0.1) is 23.8 Å². The lowest BCUT2D eigenvalue weighted by molar-refractivity contribution is -0.140. The van der Waals surface area contributed by atoms with Crippen molar-refractivity contribution in [2.45, 2.75) is 13.0 Å². The standard InChI is InChI=1S/C16H18N2O6/c1-9-12(15(21)24-8-7-23-2)13(18-16(22)17-9)10-3-5-11(6-4-10)14(19)20/h3-6,13H,7-8H2,1-2H3,(H,19,20)(H2,17,18,22)/t13-/m1/s1. The zero-order valence-electron chi connectivity index (χ0n) is 13.3. The predicted molar refractivity (Wildman–Crippen MR) is 83.3 cm³/mol. The second-order valence-corrected chi connectivity index (χ2v) is 5.13. The third-order valence-corrected chi connectivity index (χ3v) is 3.50. The normalized spacial score (nSPS) is 17.1. The highest BCUT2D eigenvalue weighted by atomic mass is 16.6. The van der Waals surface area contributed by atoms with E-state index in [4.69, 9.17) is 14.6 Å². The Balaban J connectivity index is 2.30. The zero-order valence-corrected chi connectivity index (χ0v) is 13.3. The topological polar surface area (TPSA) is 114 Å². The summed E-state index contributed by atoms with van der Waals surface area (Å²) < 4.78 is 9.97. The van der Waals surface area contributed by atoms with Gasteiger partial charge in [-0.1, -0.05) is 12.1 Å². The van der Waals surface area contributed by atoms with Crippen LogP contribution in [0, 0.1) is 0 Å². The number of urea groups is 1. The third kappa shape index (κ3) is 3.90. The highest BCUT2D eigenvalue weighted by Gasteiger charge is 2.32. The number of benzene rings is 1. The lowest BCUT2D eigenvalue weighted by atomic mass is 9.95. The summed E-state index contributed by atoms with van der Waals surface area (Å²) in [7, 11) is 1.49. The second kappa shape index (κ2) is 7.60. The van der Waals surface area contributed by atoms with Crippen LogP contribution in [-0.4, -0.2) is 43.4 Å². The van der Waals surface area contributed by atoms with E-state index in [1.54, 1.807) is 19.1 Å². The molecule has 0 unspecified atom stereocenters. The average molecular weight is 334 g/mol. The fourth-order valence-electron chi connectivity index (χ4n) is 2.33. The molecule has 2 rings (SSSR count). The molecule has 2 amide bonds. The van der Waals surface area contributed by atoms with E-state index in [0.29, 0.717) is 11.3 Å². The van der Waals surface area contributed by atoms with Gasteiger partial charge in [-0.3, -0.25) is 0 Å².